The number of benzene rings is 1. The summed E-state index contributed by atoms with van der Waals surface area (Å²) in [6.45, 7) is 5.77. The van der Waals surface area contributed by atoms with Crippen molar-refractivity contribution in [1.82, 2.24) is 13.2 Å². The molecule has 0 saturated carbocycles. The number of nitrogens with zero attached hydrogens (tertiary/aromatic N) is 3. The molecule has 1 amide bonds. The molecule has 12 nitrogen and oxygen atoms in total. The first-order chi connectivity index (χ1) is 15.6. The number of amides is 1. The van der Waals surface area contributed by atoms with Crippen molar-refractivity contribution in [3.05, 3.63) is 42.2 Å². The van der Waals surface area contributed by atoms with Gasteiger partial charge in [-0.3, -0.25) is 0 Å². The largest absolute Gasteiger partial charge is 0.477 e. The lowest BCUT2D eigenvalue weighted by Crippen LogP contribution is -2.51. The van der Waals surface area contributed by atoms with Crippen molar-refractivity contribution >= 4 is 32.3 Å². The van der Waals surface area contributed by atoms with Crippen molar-refractivity contribution < 1.29 is 36.3 Å². The van der Waals surface area contributed by atoms with E-state index in [1.54, 1.807) is 20.8 Å². The molecular formula is C20H26N4O8S2. The molecule has 0 unspecified atom stereocenters. The maximum Gasteiger partial charge on any atom is 0.410 e. The summed E-state index contributed by atoms with van der Waals surface area (Å²) < 4.78 is 56.4. The molecule has 1 aliphatic heterocycles. The third-order valence-electron chi connectivity index (χ3n) is 5.02. The van der Waals surface area contributed by atoms with E-state index in [1.165, 1.54) is 39.5 Å². The standard InChI is InChI=1S/C20H26N4O8S2/c1-20(2,3)32-19(27)22-10-12-23(13-11-22)33(28,29)15-6-4-14(5-7-15)16-8-9-24(34(21,30)31)17(16)18(25)26/h4-9H,10-13H2,1-3H3,(H,25,26)(H2,21,30,31). The normalized spacial score (nSPS) is 15.8. The van der Waals surface area contributed by atoms with Crippen LogP contribution in [0.5, 0.6) is 0 Å². The molecule has 0 bridgehead atoms. The van der Waals surface area contributed by atoms with Gasteiger partial charge >= 0.3 is 22.3 Å². The summed E-state index contributed by atoms with van der Waals surface area (Å²) >= 11 is 0. The number of carboxylic acids is 1. The topological polar surface area (TPSA) is 169 Å². The zero-order chi connectivity index (χ0) is 25.5. The van der Waals surface area contributed by atoms with E-state index >= 15 is 0 Å². The molecule has 3 N–H and O–H groups in total. The van der Waals surface area contributed by atoms with Crippen LogP contribution in [-0.2, 0) is 25.0 Å². The van der Waals surface area contributed by atoms with Gasteiger partial charge in [0, 0.05) is 37.9 Å². The third kappa shape index (κ3) is 5.41. The molecule has 14 heteroatoms. The minimum atomic E-state index is -4.34. The molecule has 2 aromatic rings. The number of ether oxygens (including phenoxy) is 1. The van der Waals surface area contributed by atoms with Crippen LogP contribution in [0.2, 0.25) is 0 Å². The van der Waals surface area contributed by atoms with Crippen LogP contribution in [0.4, 0.5) is 4.79 Å². The number of carbonyl (C=O) groups excluding carboxylic acids is 1. The van der Waals surface area contributed by atoms with E-state index in [9.17, 15) is 31.5 Å². The van der Waals surface area contributed by atoms with Crippen LogP contribution in [0.3, 0.4) is 0 Å². The van der Waals surface area contributed by atoms with E-state index in [0.717, 1.165) is 6.20 Å². The molecule has 1 aliphatic rings. The van der Waals surface area contributed by atoms with Crippen LogP contribution in [-0.4, -0.2) is 79.0 Å². The average Bonchev–Trinajstić information content (AvgIpc) is 3.19. The van der Waals surface area contributed by atoms with Crippen LogP contribution in [0.15, 0.2) is 41.4 Å². The highest BCUT2D eigenvalue weighted by Gasteiger charge is 2.32. The molecule has 1 aromatic carbocycles. The second-order valence-electron chi connectivity index (χ2n) is 8.62. The number of nitrogens with two attached hydrogens (primary N) is 1. The molecule has 3 rings (SSSR count). The first-order valence-corrected chi connectivity index (χ1v) is 13.1. The van der Waals surface area contributed by atoms with Gasteiger partial charge in [0.2, 0.25) is 10.0 Å². The number of carbonyl (C=O) groups is 2. The van der Waals surface area contributed by atoms with Crippen molar-refractivity contribution in [3.63, 3.8) is 0 Å². The van der Waals surface area contributed by atoms with Crippen molar-refractivity contribution in [1.29, 1.82) is 0 Å². The molecule has 1 fully saturated rings. The smallest absolute Gasteiger partial charge is 0.410 e. The molecule has 0 atom stereocenters. The lowest BCUT2D eigenvalue weighted by molar-refractivity contribution is 0.0192. The minimum Gasteiger partial charge on any atom is -0.477 e. The Morgan fingerprint density at radius 3 is 2.00 bits per heavy atom. The first-order valence-electron chi connectivity index (χ1n) is 10.2. The van der Waals surface area contributed by atoms with Crippen molar-refractivity contribution in [2.45, 2.75) is 31.3 Å². The lowest BCUT2D eigenvalue weighted by atomic mass is 10.1. The van der Waals surface area contributed by atoms with Gasteiger partial charge in [0.05, 0.1) is 4.90 Å². The Bertz CT molecular complexity index is 1300. The van der Waals surface area contributed by atoms with E-state index in [-0.39, 0.29) is 36.6 Å². The van der Waals surface area contributed by atoms with Crippen LogP contribution >= 0.6 is 0 Å². The fourth-order valence-corrected chi connectivity index (χ4v) is 5.55. The number of aromatic nitrogens is 1. The quantitative estimate of drug-likeness (QED) is 0.598. The highest BCUT2D eigenvalue weighted by molar-refractivity contribution is 7.89. The molecule has 0 spiro atoms. The van der Waals surface area contributed by atoms with Crippen molar-refractivity contribution in [2.75, 3.05) is 26.2 Å². The zero-order valence-corrected chi connectivity index (χ0v) is 20.5. The van der Waals surface area contributed by atoms with E-state index in [2.05, 4.69) is 0 Å². The third-order valence-corrected chi connectivity index (χ3v) is 7.79. The number of piperazine rings is 1. The lowest BCUT2D eigenvalue weighted by Gasteiger charge is -2.35. The Kier molecular flexibility index (Phi) is 6.81. The number of hydrogen-bond donors (Lipinski definition) is 2. The summed E-state index contributed by atoms with van der Waals surface area (Å²) in [6.07, 6.45) is 0.512. The monoisotopic (exact) mass is 514 g/mol. The molecule has 0 aliphatic carbocycles. The van der Waals surface area contributed by atoms with Gasteiger partial charge < -0.3 is 14.7 Å². The van der Waals surface area contributed by atoms with Crippen LogP contribution in [0, 0.1) is 0 Å². The SMILES string of the molecule is CC(C)(C)OC(=O)N1CCN(S(=O)(=O)c2ccc(-c3ccn(S(N)(=O)=O)c3C(=O)O)cc2)CC1. The summed E-state index contributed by atoms with van der Waals surface area (Å²) in [4.78, 5) is 25.3. The number of aromatic carboxylic acids is 1. The van der Waals surface area contributed by atoms with E-state index in [0.29, 0.717) is 9.54 Å². The van der Waals surface area contributed by atoms with Gasteiger partial charge in [0.25, 0.3) is 0 Å². The van der Waals surface area contributed by atoms with Crippen LogP contribution < -0.4 is 5.14 Å². The number of hydrogen-bond acceptors (Lipinski definition) is 7. The molecule has 2 heterocycles. The highest BCUT2D eigenvalue weighted by Crippen LogP contribution is 2.28. The Morgan fingerprint density at radius 1 is 0.971 bits per heavy atom. The van der Waals surface area contributed by atoms with Gasteiger partial charge in [0.15, 0.2) is 5.69 Å². The number of carboxylic acid groups (broad SMARTS) is 1. The Labute approximate surface area is 197 Å². The highest BCUT2D eigenvalue weighted by atomic mass is 32.2. The fourth-order valence-electron chi connectivity index (χ4n) is 3.46. The van der Waals surface area contributed by atoms with Gasteiger partial charge in [-0.05, 0) is 44.5 Å². The summed E-state index contributed by atoms with van der Waals surface area (Å²) in [5.74, 6) is -1.51. The summed E-state index contributed by atoms with van der Waals surface area (Å²) in [7, 11) is -8.21. The summed E-state index contributed by atoms with van der Waals surface area (Å²) in [6, 6.07) is 6.67. The van der Waals surface area contributed by atoms with Gasteiger partial charge in [0.1, 0.15) is 5.60 Å². The van der Waals surface area contributed by atoms with Gasteiger partial charge in [-0.25, -0.2) is 27.1 Å². The maximum atomic E-state index is 13.0. The van der Waals surface area contributed by atoms with Gasteiger partial charge in [-0.1, -0.05) is 12.1 Å². The summed E-state index contributed by atoms with van der Waals surface area (Å²) in [5, 5.41) is 14.5. The zero-order valence-electron chi connectivity index (χ0n) is 18.8. The second-order valence-corrected chi connectivity index (χ2v) is 12.0. The van der Waals surface area contributed by atoms with Gasteiger partial charge in [-0.2, -0.15) is 12.7 Å². The molecule has 34 heavy (non-hydrogen) atoms. The predicted molar refractivity (Wildman–Crippen MR) is 122 cm³/mol. The average molecular weight is 515 g/mol. The van der Waals surface area contributed by atoms with Crippen molar-refractivity contribution in [3.8, 4) is 11.1 Å². The Morgan fingerprint density at radius 2 is 1.53 bits per heavy atom. The Balaban J connectivity index is 1.79. The molecular weight excluding hydrogens is 488 g/mol. The van der Waals surface area contributed by atoms with E-state index in [1.807, 2.05) is 0 Å². The minimum absolute atomic E-state index is 0.0234. The molecule has 1 saturated heterocycles. The molecule has 0 radical (unpaired) electrons. The van der Waals surface area contributed by atoms with Crippen molar-refractivity contribution in [2.24, 2.45) is 5.14 Å². The number of rotatable bonds is 5. The van der Waals surface area contributed by atoms with E-state index in [4.69, 9.17) is 9.88 Å². The summed E-state index contributed by atoms with van der Waals surface area (Å²) in [5.41, 5.74) is -0.848. The first kappa shape index (κ1) is 25.7. The van der Waals surface area contributed by atoms with Gasteiger partial charge in [-0.15, -0.1) is 0 Å². The maximum absolute atomic E-state index is 13.0. The van der Waals surface area contributed by atoms with E-state index < -0.39 is 43.6 Å². The van der Waals surface area contributed by atoms with Crippen LogP contribution in [0.25, 0.3) is 11.1 Å². The predicted octanol–water partition coefficient (Wildman–Crippen LogP) is 1.15. The number of sulfonamides is 1. The molecule has 186 valence electrons. The van der Waals surface area contributed by atoms with Crippen LogP contribution in [0.1, 0.15) is 31.3 Å². The Hall–Kier alpha value is -2.94. The molecule has 1 aromatic heterocycles. The second kappa shape index (κ2) is 9.02. The fraction of sp³-hybridized carbons (Fsp3) is 0.400.